The van der Waals surface area contributed by atoms with Crippen LogP contribution in [0.4, 0.5) is 0 Å². The van der Waals surface area contributed by atoms with Crippen LogP contribution in [0, 0.1) is 6.92 Å². The van der Waals surface area contributed by atoms with Gasteiger partial charge in [0.15, 0.2) is 0 Å². The lowest BCUT2D eigenvalue weighted by Crippen LogP contribution is -2.43. The zero-order valence-corrected chi connectivity index (χ0v) is 16.0. The number of benzene rings is 2. The Hall–Kier alpha value is -1.93. The average molecular weight is 378 g/mol. The quantitative estimate of drug-likeness (QED) is 0.798. The van der Waals surface area contributed by atoms with Crippen molar-refractivity contribution < 1.29 is 18.1 Å². The van der Waals surface area contributed by atoms with Crippen LogP contribution in [0.2, 0.25) is 0 Å². The fraction of sp³-hybridized carbons (Fsp3) is 0.368. The summed E-state index contributed by atoms with van der Waals surface area (Å²) in [6, 6.07) is 14.6. The van der Waals surface area contributed by atoms with E-state index in [1.165, 1.54) is 43.9 Å². The van der Waals surface area contributed by atoms with Gasteiger partial charge in [-0.05, 0) is 37.2 Å². The predicted octanol–water partition coefficient (Wildman–Crippen LogP) is 2.38. The number of nitrogens with zero attached hydrogens (tertiary/aromatic N) is 2. The van der Waals surface area contributed by atoms with Gasteiger partial charge in [-0.15, -0.1) is 0 Å². The first-order chi connectivity index (χ1) is 12.3. The van der Waals surface area contributed by atoms with Gasteiger partial charge in [-0.25, -0.2) is 0 Å². The molecule has 0 saturated carbocycles. The van der Waals surface area contributed by atoms with E-state index in [1.807, 2.05) is 0 Å². The molecule has 2 aromatic carbocycles. The van der Waals surface area contributed by atoms with Gasteiger partial charge in [0.2, 0.25) is 0 Å². The topological polar surface area (TPSA) is 81.1 Å². The van der Waals surface area contributed by atoms with Crippen LogP contribution in [0.1, 0.15) is 11.1 Å². The molecule has 1 fully saturated rings. The first-order valence-corrected chi connectivity index (χ1v) is 9.91. The van der Waals surface area contributed by atoms with Gasteiger partial charge in [-0.3, -0.25) is 9.45 Å². The van der Waals surface area contributed by atoms with E-state index in [1.54, 1.807) is 6.92 Å². The summed E-state index contributed by atoms with van der Waals surface area (Å²) in [6.45, 7) is 7.61. The molecule has 1 aliphatic rings. The standard InChI is InChI=1S/C12H18N2.C7H8O4S/c1-13-7-9-14(10-8-13)11-12-5-3-2-4-6-12;1-5-2-3-7(6(8)4-5)12(9,10)11/h2-6H,7-11H2,1H3;2-4,8H,1H3,(H,9,10,11). The molecule has 0 unspecified atom stereocenters. The Morgan fingerprint density at radius 2 is 1.62 bits per heavy atom. The van der Waals surface area contributed by atoms with E-state index in [9.17, 15) is 8.42 Å². The van der Waals surface area contributed by atoms with Gasteiger partial charge in [0, 0.05) is 32.7 Å². The molecule has 2 aromatic rings. The smallest absolute Gasteiger partial charge is 0.298 e. The summed E-state index contributed by atoms with van der Waals surface area (Å²) in [5.41, 5.74) is 2.15. The van der Waals surface area contributed by atoms with E-state index in [2.05, 4.69) is 47.2 Å². The van der Waals surface area contributed by atoms with Crippen LogP contribution in [0.3, 0.4) is 0 Å². The molecule has 2 N–H and O–H groups in total. The van der Waals surface area contributed by atoms with Crippen molar-refractivity contribution in [3.63, 3.8) is 0 Å². The molecule has 26 heavy (non-hydrogen) atoms. The highest BCUT2D eigenvalue weighted by Gasteiger charge is 2.14. The molecule has 0 spiro atoms. The first kappa shape index (κ1) is 20.4. The van der Waals surface area contributed by atoms with Crippen LogP contribution in [0.5, 0.6) is 5.75 Å². The molecule has 7 heteroatoms. The van der Waals surface area contributed by atoms with Crippen molar-refractivity contribution in [2.75, 3.05) is 33.2 Å². The molecule has 0 atom stereocenters. The zero-order valence-electron chi connectivity index (χ0n) is 15.2. The number of likely N-dealkylation sites (N-methyl/N-ethyl adjacent to an activating group) is 1. The third kappa shape index (κ3) is 6.42. The highest BCUT2D eigenvalue weighted by molar-refractivity contribution is 7.86. The van der Waals surface area contributed by atoms with E-state index >= 15 is 0 Å². The van der Waals surface area contributed by atoms with Gasteiger partial charge < -0.3 is 10.0 Å². The Labute approximate surface area is 155 Å². The Morgan fingerprint density at radius 3 is 2.15 bits per heavy atom. The second-order valence-corrected chi connectivity index (χ2v) is 7.90. The molecule has 0 aliphatic carbocycles. The number of aromatic hydroxyl groups is 1. The van der Waals surface area contributed by atoms with Crippen molar-refractivity contribution in [1.29, 1.82) is 0 Å². The molecule has 0 amide bonds. The van der Waals surface area contributed by atoms with Crippen molar-refractivity contribution in [1.82, 2.24) is 9.80 Å². The number of hydrogen-bond donors (Lipinski definition) is 2. The van der Waals surface area contributed by atoms with Crippen LogP contribution < -0.4 is 0 Å². The molecule has 0 radical (unpaired) electrons. The predicted molar refractivity (Wildman–Crippen MR) is 102 cm³/mol. The second-order valence-electron chi connectivity index (χ2n) is 6.51. The van der Waals surface area contributed by atoms with E-state index in [0.29, 0.717) is 0 Å². The SMILES string of the molecule is CN1CCN(Cc2ccccc2)CC1.Cc1ccc(S(=O)(=O)O)c(O)c1. The van der Waals surface area contributed by atoms with Crippen LogP contribution in [-0.2, 0) is 16.7 Å². The van der Waals surface area contributed by atoms with Gasteiger partial charge in [0.1, 0.15) is 10.6 Å². The Balaban J connectivity index is 0.000000190. The molecule has 0 bridgehead atoms. The molecule has 142 valence electrons. The third-order valence-electron chi connectivity index (χ3n) is 4.24. The molecular formula is C19H26N2O4S. The summed E-state index contributed by atoms with van der Waals surface area (Å²) < 4.78 is 29.7. The van der Waals surface area contributed by atoms with Crippen LogP contribution >= 0.6 is 0 Å². The van der Waals surface area contributed by atoms with Crippen LogP contribution in [0.25, 0.3) is 0 Å². The molecule has 1 saturated heterocycles. The number of hydrogen-bond acceptors (Lipinski definition) is 5. The van der Waals surface area contributed by atoms with E-state index in [0.717, 1.165) is 18.2 Å². The minimum Gasteiger partial charge on any atom is -0.506 e. The lowest BCUT2D eigenvalue weighted by molar-refractivity contribution is 0.148. The Morgan fingerprint density at radius 1 is 1.00 bits per heavy atom. The van der Waals surface area contributed by atoms with Crippen molar-refractivity contribution >= 4 is 10.1 Å². The lowest BCUT2D eigenvalue weighted by Gasteiger charge is -2.32. The van der Waals surface area contributed by atoms with Crippen molar-refractivity contribution in [2.45, 2.75) is 18.4 Å². The Kier molecular flexibility index (Phi) is 7.16. The average Bonchev–Trinajstić information content (AvgIpc) is 2.57. The van der Waals surface area contributed by atoms with Crippen LogP contribution in [-0.4, -0.2) is 61.1 Å². The van der Waals surface area contributed by atoms with E-state index in [4.69, 9.17) is 9.66 Å². The molecule has 1 heterocycles. The number of phenols is 1. The lowest BCUT2D eigenvalue weighted by atomic mass is 10.2. The normalized spacial score (nSPS) is 16.0. The minimum atomic E-state index is -4.30. The molecular weight excluding hydrogens is 352 g/mol. The summed E-state index contributed by atoms with van der Waals surface area (Å²) in [6.07, 6.45) is 0. The molecule has 1 aliphatic heterocycles. The highest BCUT2D eigenvalue weighted by Crippen LogP contribution is 2.22. The maximum Gasteiger partial charge on any atom is 0.298 e. The van der Waals surface area contributed by atoms with Gasteiger partial charge >= 0.3 is 0 Å². The molecule has 0 aromatic heterocycles. The summed E-state index contributed by atoms with van der Waals surface area (Å²) in [5.74, 6) is -0.433. The number of phenolic OH excluding ortho intramolecular Hbond substituents is 1. The first-order valence-electron chi connectivity index (χ1n) is 8.47. The summed E-state index contributed by atoms with van der Waals surface area (Å²) in [7, 11) is -2.11. The Bertz CT molecular complexity index is 802. The molecule has 6 nitrogen and oxygen atoms in total. The number of aryl methyl sites for hydroxylation is 1. The van der Waals surface area contributed by atoms with Gasteiger partial charge in [-0.1, -0.05) is 36.4 Å². The fourth-order valence-electron chi connectivity index (χ4n) is 2.69. The second kappa shape index (κ2) is 9.14. The third-order valence-corrected chi connectivity index (χ3v) is 5.14. The van der Waals surface area contributed by atoms with Gasteiger partial charge in [0.05, 0.1) is 0 Å². The molecule has 3 rings (SSSR count). The summed E-state index contributed by atoms with van der Waals surface area (Å²) >= 11 is 0. The highest BCUT2D eigenvalue weighted by atomic mass is 32.2. The van der Waals surface area contributed by atoms with Crippen molar-refractivity contribution in [3.05, 3.63) is 59.7 Å². The van der Waals surface area contributed by atoms with Gasteiger partial charge in [0.25, 0.3) is 10.1 Å². The largest absolute Gasteiger partial charge is 0.506 e. The zero-order chi connectivity index (χ0) is 19.2. The number of rotatable bonds is 3. The monoisotopic (exact) mass is 378 g/mol. The minimum absolute atomic E-state index is 0.433. The summed E-state index contributed by atoms with van der Waals surface area (Å²) in [4.78, 5) is 4.45. The van der Waals surface area contributed by atoms with Crippen LogP contribution in [0.15, 0.2) is 53.4 Å². The van der Waals surface area contributed by atoms with E-state index < -0.39 is 20.8 Å². The van der Waals surface area contributed by atoms with Crippen molar-refractivity contribution in [2.24, 2.45) is 0 Å². The van der Waals surface area contributed by atoms with Gasteiger partial charge in [-0.2, -0.15) is 8.42 Å². The van der Waals surface area contributed by atoms with E-state index in [-0.39, 0.29) is 0 Å². The summed E-state index contributed by atoms with van der Waals surface area (Å²) in [5, 5.41) is 9.09. The maximum atomic E-state index is 10.6. The maximum absolute atomic E-state index is 10.6. The number of piperazine rings is 1. The fourth-order valence-corrected chi connectivity index (χ4v) is 3.26. The van der Waals surface area contributed by atoms with Crippen molar-refractivity contribution in [3.8, 4) is 5.75 Å².